The third-order valence-electron chi connectivity index (χ3n) is 3.94. The second kappa shape index (κ2) is 6.35. The zero-order valence-electron chi connectivity index (χ0n) is 12.0. The first kappa shape index (κ1) is 13.6. The van der Waals surface area contributed by atoms with E-state index in [1.807, 2.05) is 0 Å². The molecule has 0 heterocycles. The molecule has 1 aliphatic carbocycles. The van der Waals surface area contributed by atoms with Gasteiger partial charge < -0.3 is 10.2 Å². The van der Waals surface area contributed by atoms with E-state index >= 15 is 0 Å². The van der Waals surface area contributed by atoms with Crippen molar-refractivity contribution in [3.05, 3.63) is 34.9 Å². The fraction of sp³-hybridized carbons (Fsp3) is 0.625. The molecule has 1 aliphatic rings. The van der Waals surface area contributed by atoms with Gasteiger partial charge >= 0.3 is 0 Å². The van der Waals surface area contributed by atoms with Crippen molar-refractivity contribution in [1.29, 1.82) is 0 Å². The van der Waals surface area contributed by atoms with Gasteiger partial charge in [-0.05, 0) is 56.5 Å². The lowest BCUT2D eigenvalue weighted by molar-refractivity contribution is 0.309. The number of nitrogens with zero attached hydrogens (tertiary/aromatic N) is 1. The van der Waals surface area contributed by atoms with Crippen molar-refractivity contribution in [1.82, 2.24) is 10.2 Å². The first-order valence-electron chi connectivity index (χ1n) is 7.21. The summed E-state index contributed by atoms with van der Waals surface area (Å²) in [4.78, 5) is 2.35. The second-order valence-corrected chi connectivity index (χ2v) is 5.59. The molecule has 2 nitrogen and oxygen atoms in total. The van der Waals surface area contributed by atoms with Crippen LogP contribution in [0.5, 0.6) is 0 Å². The fourth-order valence-corrected chi connectivity index (χ4v) is 2.69. The SMILES string of the molecule is CCN(C)CC(C)NCc1ccc2c(c1)CCC2. The van der Waals surface area contributed by atoms with Gasteiger partial charge in [-0.1, -0.05) is 25.1 Å². The molecule has 0 amide bonds. The maximum Gasteiger partial charge on any atom is 0.0208 e. The summed E-state index contributed by atoms with van der Waals surface area (Å²) < 4.78 is 0. The van der Waals surface area contributed by atoms with E-state index in [-0.39, 0.29) is 0 Å². The molecule has 1 aromatic rings. The minimum Gasteiger partial charge on any atom is -0.309 e. The summed E-state index contributed by atoms with van der Waals surface area (Å²) >= 11 is 0. The van der Waals surface area contributed by atoms with Crippen molar-refractivity contribution in [3.8, 4) is 0 Å². The van der Waals surface area contributed by atoms with Crippen LogP contribution in [0.15, 0.2) is 18.2 Å². The quantitative estimate of drug-likeness (QED) is 0.830. The number of likely N-dealkylation sites (N-methyl/N-ethyl adjacent to an activating group) is 1. The van der Waals surface area contributed by atoms with Gasteiger partial charge in [-0.2, -0.15) is 0 Å². The Kier molecular flexibility index (Phi) is 4.79. The van der Waals surface area contributed by atoms with E-state index in [1.54, 1.807) is 11.1 Å². The van der Waals surface area contributed by atoms with Crippen LogP contribution in [-0.4, -0.2) is 31.1 Å². The van der Waals surface area contributed by atoms with E-state index in [2.05, 4.69) is 49.3 Å². The molecule has 0 saturated heterocycles. The van der Waals surface area contributed by atoms with Crippen molar-refractivity contribution < 1.29 is 0 Å². The molecule has 0 spiro atoms. The minimum absolute atomic E-state index is 0.545. The first-order valence-corrected chi connectivity index (χ1v) is 7.21. The number of nitrogens with one attached hydrogen (secondary N) is 1. The molecule has 2 rings (SSSR count). The lowest BCUT2D eigenvalue weighted by atomic mass is 10.1. The van der Waals surface area contributed by atoms with Gasteiger partial charge in [0, 0.05) is 19.1 Å². The van der Waals surface area contributed by atoms with Crippen LogP contribution in [0, 0.1) is 0 Å². The zero-order chi connectivity index (χ0) is 13.0. The van der Waals surface area contributed by atoms with Crippen molar-refractivity contribution in [2.75, 3.05) is 20.1 Å². The van der Waals surface area contributed by atoms with Gasteiger partial charge in [0.25, 0.3) is 0 Å². The van der Waals surface area contributed by atoms with E-state index in [4.69, 9.17) is 0 Å². The summed E-state index contributed by atoms with van der Waals surface area (Å²) in [6.07, 6.45) is 3.89. The molecule has 1 aromatic carbocycles. The van der Waals surface area contributed by atoms with Crippen LogP contribution in [0.1, 0.15) is 37.0 Å². The van der Waals surface area contributed by atoms with Crippen LogP contribution in [0.4, 0.5) is 0 Å². The standard InChI is InChI=1S/C16H26N2/c1-4-18(3)12-13(2)17-11-14-8-9-15-6-5-7-16(15)10-14/h8-10,13,17H,4-7,11-12H2,1-3H3. The molecule has 1 atom stereocenters. The molecule has 100 valence electrons. The van der Waals surface area contributed by atoms with Gasteiger partial charge in [0.15, 0.2) is 0 Å². The summed E-state index contributed by atoms with van der Waals surface area (Å²) in [5.41, 5.74) is 4.58. The Hall–Kier alpha value is -0.860. The number of hydrogen-bond acceptors (Lipinski definition) is 2. The third kappa shape index (κ3) is 3.56. The Balaban J connectivity index is 1.83. The fourth-order valence-electron chi connectivity index (χ4n) is 2.69. The molecule has 0 aliphatic heterocycles. The van der Waals surface area contributed by atoms with Crippen molar-refractivity contribution in [2.24, 2.45) is 0 Å². The lowest BCUT2D eigenvalue weighted by Crippen LogP contribution is -2.36. The normalized spacial score (nSPS) is 16.0. The highest BCUT2D eigenvalue weighted by molar-refractivity contribution is 5.35. The number of hydrogen-bond donors (Lipinski definition) is 1. The van der Waals surface area contributed by atoms with E-state index < -0.39 is 0 Å². The Bertz CT molecular complexity index is 387. The minimum atomic E-state index is 0.545. The van der Waals surface area contributed by atoms with Gasteiger partial charge in [0.05, 0.1) is 0 Å². The van der Waals surface area contributed by atoms with E-state index in [1.165, 1.54) is 24.8 Å². The molecule has 2 heteroatoms. The number of fused-ring (bicyclic) bond motifs is 1. The molecular weight excluding hydrogens is 220 g/mol. The third-order valence-corrected chi connectivity index (χ3v) is 3.94. The van der Waals surface area contributed by atoms with Gasteiger partial charge in [-0.3, -0.25) is 0 Å². The monoisotopic (exact) mass is 246 g/mol. The van der Waals surface area contributed by atoms with Crippen LogP contribution in [0.2, 0.25) is 0 Å². The smallest absolute Gasteiger partial charge is 0.0208 e. The summed E-state index contributed by atoms with van der Waals surface area (Å²) in [7, 11) is 2.17. The van der Waals surface area contributed by atoms with Crippen molar-refractivity contribution in [3.63, 3.8) is 0 Å². The molecule has 1 N–H and O–H groups in total. The van der Waals surface area contributed by atoms with Gasteiger partial charge in [0.1, 0.15) is 0 Å². The Morgan fingerprint density at radius 3 is 2.83 bits per heavy atom. The summed E-state index contributed by atoms with van der Waals surface area (Å²) in [5, 5.41) is 3.61. The van der Waals surface area contributed by atoms with Gasteiger partial charge in [-0.15, -0.1) is 0 Å². The Morgan fingerprint density at radius 2 is 2.06 bits per heavy atom. The average molecular weight is 246 g/mol. The van der Waals surface area contributed by atoms with Crippen molar-refractivity contribution >= 4 is 0 Å². The van der Waals surface area contributed by atoms with E-state index in [0.717, 1.165) is 19.6 Å². The summed E-state index contributed by atoms with van der Waals surface area (Å²) in [6, 6.07) is 7.55. The summed E-state index contributed by atoms with van der Waals surface area (Å²) in [5.74, 6) is 0. The van der Waals surface area contributed by atoms with Crippen LogP contribution >= 0.6 is 0 Å². The highest BCUT2D eigenvalue weighted by Crippen LogP contribution is 2.22. The lowest BCUT2D eigenvalue weighted by Gasteiger charge is -2.20. The molecule has 0 radical (unpaired) electrons. The molecule has 0 aromatic heterocycles. The van der Waals surface area contributed by atoms with Crippen molar-refractivity contribution in [2.45, 2.75) is 45.7 Å². The van der Waals surface area contributed by atoms with Crippen LogP contribution < -0.4 is 5.32 Å². The van der Waals surface area contributed by atoms with Crippen LogP contribution in [0.3, 0.4) is 0 Å². The Labute approximate surface area is 111 Å². The molecule has 0 fully saturated rings. The maximum atomic E-state index is 3.61. The first-order chi connectivity index (χ1) is 8.69. The number of rotatable bonds is 6. The van der Waals surface area contributed by atoms with E-state index in [9.17, 15) is 0 Å². The van der Waals surface area contributed by atoms with Gasteiger partial charge in [-0.25, -0.2) is 0 Å². The predicted octanol–water partition coefficient (Wildman–Crippen LogP) is 2.61. The number of benzene rings is 1. The summed E-state index contributed by atoms with van der Waals surface area (Å²) in [6.45, 7) is 7.69. The molecule has 0 bridgehead atoms. The molecular formula is C16H26N2. The topological polar surface area (TPSA) is 15.3 Å². The largest absolute Gasteiger partial charge is 0.309 e. The number of aryl methyl sites for hydroxylation is 2. The van der Waals surface area contributed by atoms with Gasteiger partial charge in [0.2, 0.25) is 0 Å². The highest BCUT2D eigenvalue weighted by Gasteiger charge is 2.11. The van der Waals surface area contributed by atoms with Crippen LogP contribution in [-0.2, 0) is 19.4 Å². The molecule has 18 heavy (non-hydrogen) atoms. The Morgan fingerprint density at radius 1 is 1.28 bits per heavy atom. The molecule has 0 saturated carbocycles. The second-order valence-electron chi connectivity index (χ2n) is 5.59. The molecule has 1 unspecified atom stereocenters. The predicted molar refractivity (Wildman–Crippen MR) is 77.9 cm³/mol. The average Bonchev–Trinajstić information content (AvgIpc) is 2.83. The highest BCUT2D eigenvalue weighted by atomic mass is 15.1. The van der Waals surface area contributed by atoms with Crippen LogP contribution in [0.25, 0.3) is 0 Å². The zero-order valence-corrected chi connectivity index (χ0v) is 12.0. The maximum absolute atomic E-state index is 3.61. The van der Waals surface area contributed by atoms with E-state index in [0.29, 0.717) is 6.04 Å².